The average Bonchev–Trinajstić information content (AvgIpc) is 2.34. The topological polar surface area (TPSA) is 46.5 Å². The van der Waals surface area contributed by atoms with Gasteiger partial charge in [0.1, 0.15) is 12.2 Å². The first kappa shape index (κ1) is 13.3. The molecular weight excluding hydrogens is 228 g/mol. The van der Waals surface area contributed by atoms with Gasteiger partial charge < -0.3 is 9.84 Å². The van der Waals surface area contributed by atoms with Crippen molar-refractivity contribution in [1.29, 1.82) is 0 Å². The number of hydrogen-bond donors (Lipinski definition) is 1. The molecule has 2 bridgehead atoms. The van der Waals surface area contributed by atoms with Gasteiger partial charge in [0.15, 0.2) is 0 Å². The minimum absolute atomic E-state index is 0.0458. The van der Waals surface area contributed by atoms with E-state index in [0.717, 1.165) is 25.7 Å². The van der Waals surface area contributed by atoms with Gasteiger partial charge in [0.2, 0.25) is 0 Å². The lowest BCUT2D eigenvalue weighted by atomic mass is 9.65. The normalized spacial score (nSPS) is 34.7. The maximum Gasteiger partial charge on any atom is 0.333 e. The van der Waals surface area contributed by atoms with Crippen molar-refractivity contribution in [3.63, 3.8) is 0 Å². The number of fused-ring (bicyclic) bond motifs is 2. The van der Waals surface area contributed by atoms with Gasteiger partial charge in [-0.05, 0) is 38.5 Å². The monoisotopic (exact) mass is 250 g/mol. The first-order valence-corrected chi connectivity index (χ1v) is 6.68. The molecule has 2 rings (SSSR count). The molecule has 0 aromatic rings. The van der Waals surface area contributed by atoms with E-state index in [4.69, 9.17) is 4.74 Å². The number of allylic oxidation sites excluding steroid dienone is 1. The number of rotatable bonds is 3. The van der Waals surface area contributed by atoms with Gasteiger partial charge in [0.25, 0.3) is 0 Å². The lowest BCUT2D eigenvalue weighted by Crippen LogP contribution is -2.51. The Kier molecular flexibility index (Phi) is 3.62. The molecule has 2 aliphatic carbocycles. The van der Waals surface area contributed by atoms with E-state index in [1.54, 1.807) is 6.92 Å². The van der Waals surface area contributed by atoms with Gasteiger partial charge in [-0.15, -0.1) is 0 Å². The van der Waals surface area contributed by atoms with Gasteiger partial charge in [0, 0.05) is 11.5 Å². The van der Waals surface area contributed by atoms with Crippen LogP contribution in [-0.2, 0) is 9.53 Å². The lowest BCUT2D eigenvalue weighted by molar-refractivity contribution is -0.157. The molecule has 1 saturated carbocycles. The van der Waals surface area contributed by atoms with E-state index in [-0.39, 0.29) is 18.4 Å². The van der Waals surface area contributed by atoms with E-state index in [0.29, 0.717) is 5.57 Å². The maximum atomic E-state index is 11.5. The molecule has 0 amide bonds. The predicted octanol–water partition coefficient (Wildman–Crippen LogP) is 2.60. The van der Waals surface area contributed by atoms with E-state index in [1.165, 1.54) is 5.57 Å². The molecule has 3 heteroatoms. The van der Waals surface area contributed by atoms with Crippen LogP contribution in [0.15, 0.2) is 23.8 Å². The fourth-order valence-electron chi connectivity index (χ4n) is 3.10. The van der Waals surface area contributed by atoms with Crippen LogP contribution in [0.3, 0.4) is 0 Å². The third-order valence-electron chi connectivity index (χ3n) is 4.32. The van der Waals surface area contributed by atoms with E-state index in [2.05, 4.69) is 12.7 Å². The van der Waals surface area contributed by atoms with E-state index in [9.17, 15) is 9.90 Å². The molecule has 0 aliphatic heterocycles. The first-order valence-electron chi connectivity index (χ1n) is 6.68. The van der Waals surface area contributed by atoms with Gasteiger partial charge in [-0.25, -0.2) is 4.79 Å². The van der Waals surface area contributed by atoms with Crippen molar-refractivity contribution in [2.75, 3.05) is 6.61 Å². The van der Waals surface area contributed by atoms with Crippen LogP contribution in [0.2, 0.25) is 0 Å². The zero-order chi connectivity index (χ0) is 13.3. The maximum absolute atomic E-state index is 11.5. The van der Waals surface area contributed by atoms with Gasteiger partial charge in [-0.3, -0.25) is 0 Å². The SMILES string of the molecule is C=C(C)C(=O)OCC1(O)C(C)C=C2CCCC1C2. The highest BCUT2D eigenvalue weighted by Gasteiger charge is 2.46. The molecule has 100 valence electrons. The second kappa shape index (κ2) is 4.88. The summed E-state index contributed by atoms with van der Waals surface area (Å²) in [6.07, 6.45) is 6.40. The van der Waals surface area contributed by atoms with Gasteiger partial charge in [0.05, 0.1) is 0 Å². The molecule has 0 aromatic heterocycles. The summed E-state index contributed by atoms with van der Waals surface area (Å²) in [5.41, 5.74) is 0.922. The fraction of sp³-hybridized carbons (Fsp3) is 0.667. The Morgan fingerprint density at radius 2 is 2.39 bits per heavy atom. The molecule has 1 fully saturated rings. The van der Waals surface area contributed by atoms with Crippen molar-refractivity contribution >= 4 is 5.97 Å². The van der Waals surface area contributed by atoms with Crippen molar-refractivity contribution < 1.29 is 14.6 Å². The van der Waals surface area contributed by atoms with Crippen molar-refractivity contribution in [3.8, 4) is 0 Å². The summed E-state index contributed by atoms with van der Waals surface area (Å²) in [4.78, 5) is 11.5. The zero-order valence-electron chi connectivity index (χ0n) is 11.2. The predicted molar refractivity (Wildman–Crippen MR) is 69.9 cm³/mol. The van der Waals surface area contributed by atoms with E-state index < -0.39 is 11.6 Å². The standard InChI is InChI=1S/C15H22O3/c1-10(2)14(16)18-9-15(17)11(3)7-12-5-4-6-13(15)8-12/h7,11,13,17H,1,4-6,8-9H2,2-3H3. The number of carbonyl (C=O) groups excluding carboxylic acids is 1. The molecule has 0 heterocycles. The molecule has 0 spiro atoms. The van der Waals surface area contributed by atoms with Gasteiger partial charge in [-0.1, -0.05) is 25.2 Å². The molecule has 0 radical (unpaired) electrons. The van der Waals surface area contributed by atoms with Crippen LogP contribution in [0.5, 0.6) is 0 Å². The number of esters is 1. The highest BCUT2D eigenvalue weighted by Crippen LogP contribution is 2.45. The minimum atomic E-state index is -0.908. The Hall–Kier alpha value is -1.09. The summed E-state index contributed by atoms with van der Waals surface area (Å²) < 4.78 is 5.19. The highest BCUT2D eigenvalue weighted by atomic mass is 16.5. The molecule has 18 heavy (non-hydrogen) atoms. The molecule has 2 aliphatic rings. The minimum Gasteiger partial charge on any atom is -0.459 e. The Labute approximate surface area is 109 Å². The highest BCUT2D eigenvalue weighted by molar-refractivity contribution is 5.86. The van der Waals surface area contributed by atoms with Gasteiger partial charge in [-0.2, -0.15) is 0 Å². The molecule has 3 unspecified atom stereocenters. The van der Waals surface area contributed by atoms with Crippen molar-refractivity contribution in [3.05, 3.63) is 23.8 Å². The molecule has 3 atom stereocenters. The number of ether oxygens (including phenoxy) is 1. The second-order valence-corrected chi connectivity index (χ2v) is 5.75. The zero-order valence-corrected chi connectivity index (χ0v) is 11.2. The van der Waals surface area contributed by atoms with Gasteiger partial charge >= 0.3 is 5.97 Å². The number of carbonyl (C=O) groups is 1. The summed E-state index contributed by atoms with van der Waals surface area (Å²) in [7, 11) is 0. The van der Waals surface area contributed by atoms with Crippen LogP contribution in [-0.4, -0.2) is 23.3 Å². The third-order valence-corrected chi connectivity index (χ3v) is 4.32. The first-order chi connectivity index (χ1) is 8.43. The van der Waals surface area contributed by atoms with E-state index in [1.807, 2.05) is 6.92 Å². The largest absolute Gasteiger partial charge is 0.459 e. The quantitative estimate of drug-likeness (QED) is 0.476. The fourth-order valence-corrected chi connectivity index (χ4v) is 3.10. The third kappa shape index (κ3) is 2.37. The molecule has 3 nitrogen and oxygen atoms in total. The number of hydrogen-bond acceptors (Lipinski definition) is 3. The Morgan fingerprint density at radius 1 is 1.67 bits per heavy atom. The van der Waals surface area contributed by atoms with Crippen molar-refractivity contribution in [2.45, 2.75) is 45.1 Å². The van der Waals surface area contributed by atoms with Crippen LogP contribution < -0.4 is 0 Å². The second-order valence-electron chi connectivity index (χ2n) is 5.75. The Balaban J connectivity index is 2.09. The van der Waals surface area contributed by atoms with Crippen LogP contribution in [0.4, 0.5) is 0 Å². The summed E-state index contributed by atoms with van der Waals surface area (Å²) in [6, 6.07) is 0. The summed E-state index contributed by atoms with van der Waals surface area (Å²) >= 11 is 0. The van der Waals surface area contributed by atoms with E-state index >= 15 is 0 Å². The van der Waals surface area contributed by atoms with Crippen LogP contribution in [0.25, 0.3) is 0 Å². The Bertz CT molecular complexity index is 397. The summed E-state index contributed by atoms with van der Waals surface area (Å²) in [5, 5.41) is 10.8. The van der Waals surface area contributed by atoms with Crippen molar-refractivity contribution in [2.24, 2.45) is 11.8 Å². The summed E-state index contributed by atoms with van der Waals surface area (Å²) in [6.45, 7) is 7.26. The summed E-state index contributed by atoms with van der Waals surface area (Å²) in [5.74, 6) is -0.148. The molecule has 0 aromatic carbocycles. The van der Waals surface area contributed by atoms with Crippen molar-refractivity contribution in [1.82, 2.24) is 0 Å². The average molecular weight is 250 g/mol. The van der Waals surface area contributed by atoms with Crippen LogP contribution in [0, 0.1) is 11.8 Å². The van der Waals surface area contributed by atoms with Crippen LogP contribution >= 0.6 is 0 Å². The lowest BCUT2D eigenvalue weighted by Gasteiger charge is -2.45. The molecule has 1 N–H and O–H groups in total. The Morgan fingerprint density at radius 3 is 3.06 bits per heavy atom. The van der Waals surface area contributed by atoms with Crippen LogP contribution in [0.1, 0.15) is 39.5 Å². The molecular formula is C15H22O3. The molecule has 0 saturated heterocycles. The number of aliphatic hydroxyl groups is 1. The smallest absolute Gasteiger partial charge is 0.333 e.